The predicted molar refractivity (Wildman–Crippen MR) is 68.8 cm³/mol. The number of nitrogens with one attached hydrogen (secondary N) is 1. The maximum Gasteiger partial charge on any atom is 0.139 e. The minimum absolute atomic E-state index is 0.0821. The van der Waals surface area contributed by atoms with Crippen LogP contribution in [0.4, 0.5) is 5.69 Å². The highest BCUT2D eigenvalue weighted by Crippen LogP contribution is 2.28. The molecule has 0 bridgehead atoms. The molecule has 0 saturated heterocycles. The van der Waals surface area contributed by atoms with Crippen LogP contribution in [0.2, 0.25) is 5.02 Å². The summed E-state index contributed by atoms with van der Waals surface area (Å²) < 4.78 is 5.10. The molecule has 5 heteroatoms. The van der Waals surface area contributed by atoms with Gasteiger partial charge in [0.15, 0.2) is 0 Å². The highest BCUT2D eigenvalue weighted by atomic mass is 35.5. The second-order valence-corrected chi connectivity index (χ2v) is 4.74. The molecular weight excluding hydrogens is 242 g/mol. The van der Waals surface area contributed by atoms with Crippen molar-refractivity contribution in [3.8, 4) is 5.75 Å². The maximum atomic E-state index is 9.16. The van der Waals surface area contributed by atoms with E-state index in [2.05, 4.69) is 5.32 Å². The largest absolute Gasteiger partial charge is 0.495 e. The number of halogens is 1. The first-order valence-corrected chi connectivity index (χ1v) is 5.71. The predicted octanol–water partition coefficient (Wildman–Crippen LogP) is 1.75. The molecule has 0 heterocycles. The normalized spacial score (nSPS) is 11.4. The van der Waals surface area contributed by atoms with Gasteiger partial charge in [-0.2, -0.15) is 0 Å². The van der Waals surface area contributed by atoms with Crippen LogP contribution in [0.25, 0.3) is 0 Å². The van der Waals surface area contributed by atoms with Crippen LogP contribution in [0.5, 0.6) is 5.75 Å². The smallest absolute Gasteiger partial charge is 0.139 e. The first-order valence-electron chi connectivity index (χ1n) is 5.34. The van der Waals surface area contributed by atoms with Crippen LogP contribution in [-0.2, 0) is 0 Å². The van der Waals surface area contributed by atoms with Gasteiger partial charge in [0.2, 0.25) is 0 Å². The van der Waals surface area contributed by atoms with Gasteiger partial charge in [-0.25, -0.2) is 0 Å². The van der Waals surface area contributed by atoms with Crippen LogP contribution in [0.3, 0.4) is 0 Å². The van der Waals surface area contributed by atoms with E-state index in [-0.39, 0.29) is 13.2 Å². The van der Waals surface area contributed by atoms with E-state index in [0.29, 0.717) is 17.3 Å². The molecule has 0 atom stereocenters. The molecule has 0 spiro atoms. The lowest BCUT2D eigenvalue weighted by molar-refractivity contribution is 0.0806. The third-order valence-electron chi connectivity index (χ3n) is 2.63. The van der Waals surface area contributed by atoms with Crippen LogP contribution in [0.15, 0.2) is 18.2 Å². The molecule has 0 aliphatic rings. The third-order valence-corrected chi connectivity index (χ3v) is 2.95. The van der Waals surface area contributed by atoms with Crippen molar-refractivity contribution in [3.05, 3.63) is 23.2 Å². The molecule has 0 fully saturated rings. The standard InChI is InChI=1S/C12H18ClNO3/c1-12(7-15,8-16)6-14-9-3-4-10(13)11(5-9)17-2/h3-5,14-16H,6-8H2,1-2H3. The van der Waals surface area contributed by atoms with Gasteiger partial charge >= 0.3 is 0 Å². The lowest BCUT2D eigenvalue weighted by Gasteiger charge is -2.25. The zero-order chi connectivity index (χ0) is 12.9. The van der Waals surface area contributed by atoms with Crippen molar-refractivity contribution in [2.24, 2.45) is 5.41 Å². The second-order valence-electron chi connectivity index (χ2n) is 4.33. The van der Waals surface area contributed by atoms with E-state index < -0.39 is 5.41 Å². The Morgan fingerprint density at radius 1 is 1.35 bits per heavy atom. The Bertz CT molecular complexity index is 367. The monoisotopic (exact) mass is 259 g/mol. The second kappa shape index (κ2) is 6.10. The Hall–Kier alpha value is -0.970. The molecule has 96 valence electrons. The van der Waals surface area contributed by atoms with E-state index in [9.17, 15) is 0 Å². The molecule has 4 nitrogen and oxygen atoms in total. The van der Waals surface area contributed by atoms with Gasteiger partial charge in [0.05, 0.1) is 25.3 Å². The first kappa shape index (κ1) is 14.1. The zero-order valence-corrected chi connectivity index (χ0v) is 10.8. The number of rotatable bonds is 6. The van der Waals surface area contributed by atoms with Crippen molar-refractivity contribution in [2.75, 3.05) is 32.2 Å². The van der Waals surface area contributed by atoms with E-state index >= 15 is 0 Å². The molecule has 1 aromatic rings. The Labute approximate surface area is 106 Å². The Kier molecular flexibility index (Phi) is 5.05. The highest BCUT2D eigenvalue weighted by Gasteiger charge is 2.22. The fourth-order valence-electron chi connectivity index (χ4n) is 1.25. The molecule has 0 saturated carbocycles. The SMILES string of the molecule is COc1cc(NCC(C)(CO)CO)ccc1Cl. The average Bonchev–Trinajstić information content (AvgIpc) is 2.37. The molecule has 0 aliphatic heterocycles. The average molecular weight is 260 g/mol. The van der Waals surface area contributed by atoms with Gasteiger partial charge in [0.25, 0.3) is 0 Å². The molecule has 0 unspecified atom stereocenters. The molecular formula is C12H18ClNO3. The van der Waals surface area contributed by atoms with E-state index in [1.54, 1.807) is 26.2 Å². The topological polar surface area (TPSA) is 61.7 Å². The van der Waals surface area contributed by atoms with Crippen molar-refractivity contribution < 1.29 is 14.9 Å². The minimum atomic E-state index is -0.549. The molecule has 0 aromatic heterocycles. The molecule has 17 heavy (non-hydrogen) atoms. The van der Waals surface area contributed by atoms with Crippen LogP contribution in [0.1, 0.15) is 6.92 Å². The number of methoxy groups -OCH3 is 1. The van der Waals surface area contributed by atoms with Crippen LogP contribution >= 0.6 is 11.6 Å². The van der Waals surface area contributed by atoms with E-state index in [1.807, 2.05) is 6.07 Å². The fraction of sp³-hybridized carbons (Fsp3) is 0.500. The summed E-state index contributed by atoms with van der Waals surface area (Å²) in [5, 5.41) is 22.0. The Balaban J connectivity index is 2.69. The van der Waals surface area contributed by atoms with E-state index in [0.717, 1.165) is 5.69 Å². The van der Waals surface area contributed by atoms with Gasteiger partial charge in [-0.05, 0) is 12.1 Å². The number of hydrogen-bond acceptors (Lipinski definition) is 4. The van der Waals surface area contributed by atoms with Crippen molar-refractivity contribution in [1.82, 2.24) is 0 Å². The zero-order valence-electron chi connectivity index (χ0n) is 10.0. The quantitative estimate of drug-likeness (QED) is 0.728. The van der Waals surface area contributed by atoms with Gasteiger partial charge in [0.1, 0.15) is 5.75 Å². The molecule has 0 radical (unpaired) electrons. The Morgan fingerprint density at radius 2 is 2.00 bits per heavy atom. The summed E-state index contributed by atoms with van der Waals surface area (Å²) in [5.74, 6) is 0.589. The minimum Gasteiger partial charge on any atom is -0.495 e. The van der Waals surface area contributed by atoms with Gasteiger partial charge in [-0.3, -0.25) is 0 Å². The summed E-state index contributed by atoms with van der Waals surface area (Å²) in [6, 6.07) is 5.33. The van der Waals surface area contributed by atoms with E-state index in [4.69, 9.17) is 26.6 Å². The lowest BCUT2D eigenvalue weighted by atomic mass is 9.93. The summed E-state index contributed by atoms with van der Waals surface area (Å²) in [5.41, 5.74) is 0.284. The van der Waals surface area contributed by atoms with Gasteiger partial charge < -0.3 is 20.3 Å². The molecule has 3 N–H and O–H groups in total. The third kappa shape index (κ3) is 3.77. The number of benzene rings is 1. The number of ether oxygens (including phenoxy) is 1. The molecule has 1 aromatic carbocycles. The molecule has 0 aliphatic carbocycles. The number of anilines is 1. The van der Waals surface area contributed by atoms with Crippen molar-refractivity contribution >= 4 is 17.3 Å². The van der Waals surface area contributed by atoms with Gasteiger partial charge in [0, 0.05) is 23.7 Å². The summed E-state index contributed by atoms with van der Waals surface area (Å²) in [7, 11) is 1.55. The number of hydrogen-bond donors (Lipinski definition) is 3. The highest BCUT2D eigenvalue weighted by molar-refractivity contribution is 6.32. The van der Waals surface area contributed by atoms with Crippen molar-refractivity contribution in [2.45, 2.75) is 6.92 Å². The summed E-state index contributed by atoms with van der Waals surface area (Å²) in [6.45, 7) is 2.10. The summed E-state index contributed by atoms with van der Waals surface area (Å²) >= 11 is 5.91. The first-order chi connectivity index (χ1) is 8.04. The van der Waals surface area contributed by atoms with Crippen LogP contribution < -0.4 is 10.1 Å². The number of aliphatic hydroxyl groups is 2. The van der Waals surface area contributed by atoms with Crippen molar-refractivity contribution in [1.29, 1.82) is 0 Å². The summed E-state index contributed by atoms with van der Waals surface area (Å²) in [4.78, 5) is 0. The van der Waals surface area contributed by atoms with Gasteiger partial charge in [-0.15, -0.1) is 0 Å². The van der Waals surface area contributed by atoms with Crippen molar-refractivity contribution in [3.63, 3.8) is 0 Å². The van der Waals surface area contributed by atoms with Crippen LogP contribution in [0, 0.1) is 5.41 Å². The summed E-state index contributed by atoms with van der Waals surface area (Å²) in [6.07, 6.45) is 0. The molecule has 1 rings (SSSR count). The van der Waals surface area contributed by atoms with Gasteiger partial charge in [-0.1, -0.05) is 18.5 Å². The van der Waals surface area contributed by atoms with E-state index in [1.165, 1.54) is 0 Å². The molecule has 0 amide bonds. The fourth-order valence-corrected chi connectivity index (χ4v) is 1.44. The lowest BCUT2D eigenvalue weighted by Crippen LogP contribution is -2.34. The maximum absolute atomic E-state index is 9.16. The Morgan fingerprint density at radius 3 is 2.53 bits per heavy atom. The number of aliphatic hydroxyl groups excluding tert-OH is 2. The van der Waals surface area contributed by atoms with Crippen LogP contribution in [-0.4, -0.2) is 37.1 Å².